The fourth-order valence-electron chi connectivity index (χ4n) is 1.40. The van der Waals surface area contributed by atoms with Crippen molar-refractivity contribution >= 4 is 17.4 Å². The number of ketones is 1. The summed E-state index contributed by atoms with van der Waals surface area (Å²) in [6.07, 6.45) is 3.98. The maximum Gasteiger partial charge on any atom is 0.194 e. The third-order valence-electron chi connectivity index (χ3n) is 2.20. The van der Waals surface area contributed by atoms with Gasteiger partial charge in [0.15, 0.2) is 11.5 Å². The number of carbonyl (C=O) groups excluding carboxylic acids is 1. The molecular weight excluding hydrogens is 226 g/mol. The Hall–Kier alpha value is -1.61. The van der Waals surface area contributed by atoms with E-state index < -0.39 is 0 Å². The molecule has 82 valence electrons. The van der Waals surface area contributed by atoms with E-state index in [-0.39, 0.29) is 5.78 Å². The van der Waals surface area contributed by atoms with Gasteiger partial charge < -0.3 is 4.42 Å². The van der Waals surface area contributed by atoms with E-state index in [4.69, 9.17) is 16.0 Å². The first-order chi connectivity index (χ1) is 7.65. The molecule has 0 saturated carbocycles. The molecule has 0 aliphatic rings. The van der Waals surface area contributed by atoms with Crippen LogP contribution in [0, 0.1) is 0 Å². The predicted molar refractivity (Wildman–Crippen MR) is 60.8 cm³/mol. The van der Waals surface area contributed by atoms with Crippen molar-refractivity contribution in [3.05, 3.63) is 52.7 Å². The van der Waals surface area contributed by atoms with E-state index in [2.05, 4.69) is 4.98 Å². The van der Waals surface area contributed by atoms with E-state index in [1.54, 1.807) is 24.6 Å². The number of nitrogens with zero attached hydrogens (tertiary/aromatic N) is 1. The van der Waals surface area contributed by atoms with Crippen LogP contribution < -0.4 is 0 Å². The summed E-state index contributed by atoms with van der Waals surface area (Å²) >= 11 is 5.69. The zero-order valence-electron chi connectivity index (χ0n) is 8.74. The molecule has 2 aromatic heterocycles. The molecule has 0 unspecified atom stereocenters. The summed E-state index contributed by atoms with van der Waals surface area (Å²) < 4.78 is 5.13. The highest BCUT2D eigenvalue weighted by molar-refractivity contribution is 6.29. The van der Waals surface area contributed by atoms with Gasteiger partial charge in [0.1, 0.15) is 5.15 Å². The minimum Gasteiger partial charge on any atom is -0.461 e. The lowest BCUT2D eigenvalue weighted by atomic mass is 10.1. The minimum atomic E-state index is -0.0690. The fraction of sp³-hybridized carbons (Fsp3) is 0.167. The van der Waals surface area contributed by atoms with Crippen molar-refractivity contribution in [3.63, 3.8) is 0 Å². The number of rotatable bonds is 3. The standard InChI is InChI=1S/C12H10ClNO2/c1-8(15)11-5-10(7-16-11)4-9-2-3-12(13)14-6-9/h2-3,5-7H,4H2,1H3. The lowest BCUT2D eigenvalue weighted by Crippen LogP contribution is -1.89. The topological polar surface area (TPSA) is 43.1 Å². The summed E-state index contributed by atoms with van der Waals surface area (Å²) in [7, 11) is 0. The Morgan fingerprint density at radius 2 is 2.25 bits per heavy atom. The Bertz CT molecular complexity index is 502. The number of pyridine rings is 1. The predicted octanol–water partition coefficient (Wildman–Crippen LogP) is 3.12. The normalized spacial score (nSPS) is 10.4. The van der Waals surface area contributed by atoms with Crippen LogP contribution in [-0.2, 0) is 6.42 Å². The molecule has 0 saturated heterocycles. The molecule has 0 atom stereocenters. The van der Waals surface area contributed by atoms with Crippen LogP contribution in [0.2, 0.25) is 5.15 Å². The Kier molecular flexibility index (Phi) is 3.06. The van der Waals surface area contributed by atoms with Crippen molar-refractivity contribution in [2.45, 2.75) is 13.3 Å². The lowest BCUT2D eigenvalue weighted by Gasteiger charge is -1.96. The van der Waals surface area contributed by atoms with Gasteiger partial charge in [0.2, 0.25) is 0 Å². The van der Waals surface area contributed by atoms with Gasteiger partial charge in [-0.15, -0.1) is 0 Å². The van der Waals surface area contributed by atoms with Crippen LogP contribution in [0.1, 0.15) is 28.6 Å². The zero-order valence-corrected chi connectivity index (χ0v) is 9.49. The minimum absolute atomic E-state index is 0.0690. The molecule has 0 radical (unpaired) electrons. The largest absolute Gasteiger partial charge is 0.461 e. The maximum absolute atomic E-state index is 11.0. The molecule has 4 heteroatoms. The number of hydrogen-bond donors (Lipinski definition) is 0. The van der Waals surface area contributed by atoms with Gasteiger partial charge in [0.05, 0.1) is 6.26 Å². The molecule has 0 spiro atoms. The van der Waals surface area contributed by atoms with Gasteiger partial charge in [0, 0.05) is 19.5 Å². The van der Waals surface area contributed by atoms with Gasteiger partial charge in [-0.3, -0.25) is 4.79 Å². The van der Waals surface area contributed by atoms with E-state index in [1.807, 2.05) is 6.07 Å². The average molecular weight is 236 g/mol. The van der Waals surface area contributed by atoms with Crippen molar-refractivity contribution in [2.75, 3.05) is 0 Å². The van der Waals surface area contributed by atoms with Crippen LogP contribution in [0.4, 0.5) is 0 Å². The smallest absolute Gasteiger partial charge is 0.194 e. The monoisotopic (exact) mass is 235 g/mol. The summed E-state index contributed by atoms with van der Waals surface area (Å²) in [5.41, 5.74) is 1.98. The molecule has 16 heavy (non-hydrogen) atoms. The second-order valence-corrected chi connectivity index (χ2v) is 3.93. The summed E-state index contributed by atoms with van der Waals surface area (Å²) in [4.78, 5) is 15.0. The summed E-state index contributed by atoms with van der Waals surface area (Å²) in [6, 6.07) is 5.38. The van der Waals surface area contributed by atoms with Crippen molar-refractivity contribution < 1.29 is 9.21 Å². The molecule has 0 bridgehead atoms. The van der Waals surface area contributed by atoms with Gasteiger partial charge in [-0.25, -0.2) is 4.98 Å². The van der Waals surface area contributed by atoms with Gasteiger partial charge in [-0.05, 0) is 23.3 Å². The van der Waals surface area contributed by atoms with E-state index >= 15 is 0 Å². The third kappa shape index (κ3) is 2.49. The molecule has 0 amide bonds. The molecule has 2 heterocycles. The molecule has 2 aromatic rings. The number of aromatic nitrogens is 1. The molecule has 0 N–H and O–H groups in total. The molecule has 0 aromatic carbocycles. The average Bonchev–Trinajstić information content (AvgIpc) is 2.70. The van der Waals surface area contributed by atoms with E-state index in [0.717, 1.165) is 11.1 Å². The Balaban J connectivity index is 2.14. The van der Waals surface area contributed by atoms with Gasteiger partial charge >= 0.3 is 0 Å². The van der Waals surface area contributed by atoms with Gasteiger partial charge in [0.25, 0.3) is 0 Å². The SMILES string of the molecule is CC(=O)c1cc(Cc2ccc(Cl)nc2)co1. The highest BCUT2D eigenvalue weighted by Crippen LogP contribution is 2.14. The molecule has 2 rings (SSSR count). The second-order valence-electron chi connectivity index (χ2n) is 3.54. The van der Waals surface area contributed by atoms with E-state index in [0.29, 0.717) is 17.3 Å². The van der Waals surface area contributed by atoms with Gasteiger partial charge in [-0.1, -0.05) is 17.7 Å². The van der Waals surface area contributed by atoms with Crippen molar-refractivity contribution in [1.82, 2.24) is 4.98 Å². The number of hydrogen-bond acceptors (Lipinski definition) is 3. The molecule has 3 nitrogen and oxygen atoms in total. The van der Waals surface area contributed by atoms with Crippen LogP contribution >= 0.6 is 11.6 Å². The molecular formula is C12H10ClNO2. The van der Waals surface area contributed by atoms with Crippen LogP contribution in [0.25, 0.3) is 0 Å². The summed E-state index contributed by atoms with van der Waals surface area (Å²) in [5, 5.41) is 0.473. The quantitative estimate of drug-likeness (QED) is 0.606. The molecule has 0 aliphatic heterocycles. The molecule has 0 aliphatic carbocycles. The molecule has 0 fully saturated rings. The first-order valence-electron chi connectivity index (χ1n) is 4.84. The first-order valence-corrected chi connectivity index (χ1v) is 5.22. The number of Topliss-reactive ketones (excluding diaryl/α,β-unsaturated/α-hetero) is 1. The van der Waals surface area contributed by atoms with Gasteiger partial charge in [-0.2, -0.15) is 0 Å². The van der Waals surface area contributed by atoms with Crippen LogP contribution in [-0.4, -0.2) is 10.8 Å². The van der Waals surface area contributed by atoms with Crippen molar-refractivity contribution in [2.24, 2.45) is 0 Å². The maximum atomic E-state index is 11.0. The van der Waals surface area contributed by atoms with Crippen LogP contribution in [0.15, 0.2) is 35.1 Å². The van der Waals surface area contributed by atoms with Crippen LogP contribution in [0.3, 0.4) is 0 Å². The third-order valence-corrected chi connectivity index (χ3v) is 2.42. The zero-order chi connectivity index (χ0) is 11.5. The Morgan fingerprint density at radius 1 is 1.44 bits per heavy atom. The van der Waals surface area contributed by atoms with E-state index in [9.17, 15) is 4.79 Å². The summed E-state index contributed by atoms with van der Waals surface area (Å²) in [6.45, 7) is 1.48. The second kappa shape index (κ2) is 4.49. The van der Waals surface area contributed by atoms with Crippen molar-refractivity contribution in [1.29, 1.82) is 0 Å². The van der Waals surface area contributed by atoms with Crippen LogP contribution in [0.5, 0.6) is 0 Å². The number of carbonyl (C=O) groups is 1. The number of halogens is 1. The fourth-order valence-corrected chi connectivity index (χ4v) is 1.51. The Morgan fingerprint density at radius 3 is 2.81 bits per heavy atom. The van der Waals surface area contributed by atoms with Crippen molar-refractivity contribution in [3.8, 4) is 0 Å². The Labute approximate surface area is 98.1 Å². The highest BCUT2D eigenvalue weighted by atomic mass is 35.5. The first kappa shape index (κ1) is 10.9. The highest BCUT2D eigenvalue weighted by Gasteiger charge is 2.06. The lowest BCUT2D eigenvalue weighted by molar-refractivity contribution is 0.0987. The summed E-state index contributed by atoms with van der Waals surface area (Å²) in [5.74, 6) is 0.317. The number of furan rings is 1. The van der Waals surface area contributed by atoms with E-state index in [1.165, 1.54) is 6.92 Å².